The van der Waals surface area contributed by atoms with Crippen LogP contribution in [-0.2, 0) is 9.59 Å². The van der Waals surface area contributed by atoms with Crippen LogP contribution in [0, 0.1) is 17.8 Å². The Bertz CT molecular complexity index is 534. The lowest BCUT2D eigenvalue weighted by molar-refractivity contribution is -0.142. The molecule has 2 N–H and O–H groups in total. The molecule has 4 heteroatoms. The van der Waals surface area contributed by atoms with Crippen LogP contribution in [0.25, 0.3) is 0 Å². The highest BCUT2D eigenvalue weighted by Gasteiger charge is 2.26. The van der Waals surface area contributed by atoms with Gasteiger partial charge in [-0.2, -0.15) is 0 Å². The molecule has 0 saturated heterocycles. The summed E-state index contributed by atoms with van der Waals surface area (Å²) in [5.74, 6) is 4.07. The first-order valence-electron chi connectivity index (χ1n) is 6.75. The van der Waals surface area contributed by atoms with Gasteiger partial charge in [-0.15, -0.1) is 0 Å². The first kappa shape index (κ1) is 14.1. The van der Waals surface area contributed by atoms with Gasteiger partial charge in [0.05, 0.1) is 5.92 Å². The normalized spacial score (nSPS) is 21.4. The zero-order valence-electron chi connectivity index (χ0n) is 11.1. The number of hydrogen-bond donors (Lipinski definition) is 2. The molecule has 104 valence electrons. The number of carbonyl (C=O) groups is 2. The second-order valence-electron chi connectivity index (χ2n) is 4.98. The molecule has 1 saturated carbocycles. The Morgan fingerprint density at radius 3 is 2.35 bits per heavy atom. The van der Waals surface area contributed by atoms with Crippen LogP contribution in [-0.4, -0.2) is 23.0 Å². The molecule has 0 bridgehead atoms. The number of benzene rings is 1. The molecule has 0 spiro atoms. The number of carboxylic acids is 1. The Labute approximate surface area is 118 Å². The van der Waals surface area contributed by atoms with Crippen molar-refractivity contribution >= 4 is 11.9 Å². The molecule has 1 aliphatic carbocycles. The van der Waals surface area contributed by atoms with Gasteiger partial charge in [0.2, 0.25) is 0 Å². The monoisotopic (exact) mass is 271 g/mol. The molecule has 0 aliphatic heterocycles. The van der Waals surface area contributed by atoms with E-state index in [0.717, 1.165) is 5.56 Å². The molecule has 1 aliphatic rings. The minimum absolute atomic E-state index is 0.0446. The molecule has 1 aromatic rings. The second kappa shape index (κ2) is 6.76. The Balaban J connectivity index is 1.82. The Kier molecular flexibility index (Phi) is 4.78. The van der Waals surface area contributed by atoms with Crippen molar-refractivity contribution in [3.8, 4) is 11.8 Å². The maximum Gasteiger partial charge on any atom is 0.306 e. The highest BCUT2D eigenvalue weighted by Crippen LogP contribution is 2.24. The van der Waals surface area contributed by atoms with Gasteiger partial charge >= 0.3 is 5.97 Å². The average Bonchev–Trinajstić information content (AvgIpc) is 2.47. The van der Waals surface area contributed by atoms with E-state index in [1.165, 1.54) is 0 Å². The fourth-order valence-corrected chi connectivity index (χ4v) is 2.36. The van der Waals surface area contributed by atoms with Crippen molar-refractivity contribution in [1.29, 1.82) is 0 Å². The molecule has 0 radical (unpaired) electrons. The van der Waals surface area contributed by atoms with E-state index in [9.17, 15) is 9.59 Å². The number of nitrogens with one attached hydrogen (secondary N) is 1. The van der Waals surface area contributed by atoms with Gasteiger partial charge in [0, 0.05) is 17.5 Å². The molecule has 1 aromatic carbocycles. The topological polar surface area (TPSA) is 66.4 Å². The van der Waals surface area contributed by atoms with Crippen LogP contribution in [0.3, 0.4) is 0 Å². The number of amides is 1. The standard InChI is InChI=1S/C16H17NO3/c18-15(11-6-12-4-2-1-3-5-12)17-14-9-7-13(8-10-14)16(19)20/h1-5,13-14H,7-10H2,(H,17,18)(H,19,20). The summed E-state index contributed by atoms with van der Waals surface area (Å²) >= 11 is 0. The van der Waals surface area contributed by atoms with E-state index in [1.807, 2.05) is 30.3 Å². The minimum atomic E-state index is -0.737. The van der Waals surface area contributed by atoms with Gasteiger partial charge in [-0.25, -0.2) is 0 Å². The summed E-state index contributed by atoms with van der Waals surface area (Å²) in [7, 11) is 0. The van der Waals surface area contributed by atoms with E-state index in [2.05, 4.69) is 17.2 Å². The second-order valence-corrected chi connectivity index (χ2v) is 4.98. The third-order valence-electron chi connectivity index (χ3n) is 3.51. The highest BCUT2D eigenvalue weighted by atomic mass is 16.4. The van der Waals surface area contributed by atoms with Crippen LogP contribution in [0.5, 0.6) is 0 Å². The third-order valence-corrected chi connectivity index (χ3v) is 3.51. The molecule has 0 atom stereocenters. The van der Waals surface area contributed by atoms with Crippen molar-refractivity contribution in [3.63, 3.8) is 0 Å². The zero-order chi connectivity index (χ0) is 14.4. The van der Waals surface area contributed by atoms with Crippen LogP contribution in [0.2, 0.25) is 0 Å². The van der Waals surface area contributed by atoms with E-state index < -0.39 is 5.97 Å². The molecule has 2 rings (SSSR count). The van der Waals surface area contributed by atoms with Crippen molar-refractivity contribution in [1.82, 2.24) is 5.32 Å². The minimum Gasteiger partial charge on any atom is -0.481 e. The summed E-state index contributed by atoms with van der Waals surface area (Å²) in [5.41, 5.74) is 0.803. The quantitative estimate of drug-likeness (QED) is 0.806. The summed E-state index contributed by atoms with van der Waals surface area (Å²) in [6.45, 7) is 0. The Hall–Kier alpha value is -2.28. The number of carbonyl (C=O) groups excluding carboxylic acids is 1. The van der Waals surface area contributed by atoms with E-state index >= 15 is 0 Å². The molecule has 1 fully saturated rings. The van der Waals surface area contributed by atoms with Gasteiger partial charge in [-0.1, -0.05) is 24.1 Å². The smallest absolute Gasteiger partial charge is 0.306 e. The molecular weight excluding hydrogens is 254 g/mol. The van der Waals surface area contributed by atoms with Crippen molar-refractivity contribution in [2.24, 2.45) is 5.92 Å². The average molecular weight is 271 g/mol. The number of carboxylic acid groups (broad SMARTS) is 1. The molecule has 0 unspecified atom stereocenters. The van der Waals surface area contributed by atoms with Crippen molar-refractivity contribution in [2.75, 3.05) is 0 Å². The van der Waals surface area contributed by atoms with E-state index in [4.69, 9.17) is 5.11 Å². The van der Waals surface area contributed by atoms with Gasteiger partial charge in [0.1, 0.15) is 0 Å². The fourth-order valence-electron chi connectivity index (χ4n) is 2.36. The van der Waals surface area contributed by atoms with Crippen LogP contribution in [0.15, 0.2) is 30.3 Å². The largest absolute Gasteiger partial charge is 0.481 e. The van der Waals surface area contributed by atoms with Crippen LogP contribution in [0.1, 0.15) is 31.2 Å². The molecule has 0 heterocycles. The lowest BCUT2D eigenvalue weighted by atomic mass is 9.86. The van der Waals surface area contributed by atoms with E-state index in [1.54, 1.807) is 0 Å². The van der Waals surface area contributed by atoms with Crippen LogP contribution in [0.4, 0.5) is 0 Å². The summed E-state index contributed by atoms with van der Waals surface area (Å²) < 4.78 is 0. The summed E-state index contributed by atoms with van der Waals surface area (Å²) in [6, 6.07) is 9.37. The van der Waals surface area contributed by atoms with Gasteiger partial charge in [-0.05, 0) is 37.8 Å². The maximum absolute atomic E-state index is 11.7. The number of aliphatic carboxylic acids is 1. The molecule has 20 heavy (non-hydrogen) atoms. The lowest BCUT2D eigenvalue weighted by Crippen LogP contribution is -2.38. The zero-order valence-corrected chi connectivity index (χ0v) is 11.1. The Morgan fingerprint density at radius 1 is 1.10 bits per heavy atom. The molecule has 4 nitrogen and oxygen atoms in total. The first-order chi connectivity index (χ1) is 9.65. The number of hydrogen-bond acceptors (Lipinski definition) is 2. The van der Waals surface area contributed by atoms with E-state index in [0.29, 0.717) is 25.7 Å². The third kappa shape index (κ3) is 4.13. The summed E-state index contributed by atoms with van der Waals surface area (Å²) in [5, 5.41) is 11.8. The Morgan fingerprint density at radius 2 is 1.75 bits per heavy atom. The number of rotatable bonds is 2. The fraction of sp³-hybridized carbons (Fsp3) is 0.375. The maximum atomic E-state index is 11.7. The molecule has 1 amide bonds. The predicted molar refractivity (Wildman–Crippen MR) is 74.8 cm³/mol. The predicted octanol–water partition coefficient (Wildman–Crippen LogP) is 1.80. The molecule has 0 aromatic heterocycles. The van der Waals surface area contributed by atoms with Crippen LogP contribution >= 0.6 is 0 Å². The van der Waals surface area contributed by atoms with Gasteiger partial charge in [0.25, 0.3) is 5.91 Å². The van der Waals surface area contributed by atoms with E-state index in [-0.39, 0.29) is 17.9 Å². The summed E-state index contributed by atoms with van der Waals surface area (Å²) in [4.78, 5) is 22.5. The lowest BCUT2D eigenvalue weighted by Gasteiger charge is -2.25. The van der Waals surface area contributed by atoms with Crippen molar-refractivity contribution in [2.45, 2.75) is 31.7 Å². The van der Waals surface area contributed by atoms with Gasteiger partial charge in [-0.3, -0.25) is 9.59 Å². The van der Waals surface area contributed by atoms with Crippen LogP contribution < -0.4 is 5.32 Å². The SMILES string of the molecule is O=C(C#Cc1ccccc1)NC1CCC(C(=O)O)CC1. The molecular formula is C16H17NO3. The van der Waals surface area contributed by atoms with Gasteiger partial charge in [0.15, 0.2) is 0 Å². The van der Waals surface area contributed by atoms with Crippen molar-refractivity contribution in [3.05, 3.63) is 35.9 Å². The highest BCUT2D eigenvalue weighted by molar-refractivity contribution is 5.94. The first-order valence-corrected chi connectivity index (χ1v) is 6.75. The van der Waals surface area contributed by atoms with Gasteiger partial charge < -0.3 is 10.4 Å². The van der Waals surface area contributed by atoms with Crippen molar-refractivity contribution < 1.29 is 14.7 Å². The summed E-state index contributed by atoms with van der Waals surface area (Å²) in [6.07, 6.45) is 2.64.